The number of aromatic nitrogens is 2. The van der Waals surface area contributed by atoms with Gasteiger partial charge in [0.25, 0.3) is 0 Å². The maximum absolute atomic E-state index is 5.77. The Hall–Kier alpha value is -0.930. The van der Waals surface area contributed by atoms with Gasteiger partial charge in [0, 0.05) is 10.9 Å². The van der Waals surface area contributed by atoms with Gasteiger partial charge in [-0.3, -0.25) is 0 Å². The van der Waals surface area contributed by atoms with Crippen LogP contribution in [0.2, 0.25) is 5.15 Å². The minimum absolute atomic E-state index is 0.471. The van der Waals surface area contributed by atoms with Gasteiger partial charge in [-0.05, 0) is 30.0 Å². The quantitative estimate of drug-likeness (QED) is 0.723. The zero-order valence-corrected chi connectivity index (χ0v) is 8.56. The topological polar surface area (TPSA) is 25.8 Å². The molecule has 0 aliphatic carbocycles. The van der Waals surface area contributed by atoms with E-state index in [1.54, 1.807) is 11.3 Å². The summed E-state index contributed by atoms with van der Waals surface area (Å²) in [4.78, 5) is 0. The zero-order chi connectivity index (χ0) is 9.26. The van der Waals surface area contributed by atoms with Gasteiger partial charge in [0.1, 0.15) is 0 Å². The summed E-state index contributed by atoms with van der Waals surface area (Å²) in [6.45, 7) is 1.92. The molecule has 0 saturated heterocycles. The highest BCUT2D eigenvalue weighted by molar-refractivity contribution is 7.08. The second-order valence-electron chi connectivity index (χ2n) is 2.72. The van der Waals surface area contributed by atoms with Crippen LogP contribution in [0, 0.1) is 6.92 Å². The van der Waals surface area contributed by atoms with E-state index in [1.807, 2.05) is 29.8 Å². The van der Waals surface area contributed by atoms with E-state index < -0.39 is 0 Å². The molecular weight excluding hydrogens is 204 g/mol. The van der Waals surface area contributed by atoms with Crippen LogP contribution in [0.4, 0.5) is 0 Å². The summed E-state index contributed by atoms with van der Waals surface area (Å²) in [5, 5.41) is 12.4. The van der Waals surface area contributed by atoms with Crippen LogP contribution in [-0.4, -0.2) is 10.2 Å². The number of halogens is 1. The molecule has 0 bridgehead atoms. The summed E-state index contributed by atoms with van der Waals surface area (Å²) in [5.41, 5.74) is 2.93. The second-order valence-corrected chi connectivity index (χ2v) is 3.85. The van der Waals surface area contributed by atoms with Crippen LogP contribution in [0.3, 0.4) is 0 Å². The van der Waals surface area contributed by atoms with E-state index in [9.17, 15) is 0 Å². The van der Waals surface area contributed by atoms with E-state index in [1.165, 1.54) is 0 Å². The van der Waals surface area contributed by atoms with E-state index in [0.29, 0.717) is 5.15 Å². The van der Waals surface area contributed by atoms with Crippen molar-refractivity contribution >= 4 is 22.9 Å². The van der Waals surface area contributed by atoms with Crippen LogP contribution < -0.4 is 0 Å². The molecular formula is C9H7ClN2S. The van der Waals surface area contributed by atoms with Crippen LogP contribution in [0.15, 0.2) is 22.9 Å². The Morgan fingerprint density at radius 1 is 1.38 bits per heavy atom. The predicted octanol–water partition coefficient (Wildman–Crippen LogP) is 3.17. The predicted molar refractivity (Wildman–Crippen MR) is 55.1 cm³/mol. The summed E-state index contributed by atoms with van der Waals surface area (Å²) < 4.78 is 0. The smallest absolute Gasteiger partial charge is 0.152 e. The molecule has 0 aliphatic rings. The van der Waals surface area contributed by atoms with Crippen molar-refractivity contribution in [3.8, 4) is 11.3 Å². The van der Waals surface area contributed by atoms with Gasteiger partial charge >= 0.3 is 0 Å². The highest BCUT2D eigenvalue weighted by Gasteiger charge is 2.03. The first-order valence-corrected chi connectivity index (χ1v) is 5.12. The lowest BCUT2D eigenvalue weighted by atomic mass is 10.2. The van der Waals surface area contributed by atoms with Crippen molar-refractivity contribution in [1.82, 2.24) is 10.2 Å². The molecule has 2 nitrogen and oxygen atoms in total. The molecule has 4 heteroatoms. The Morgan fingerprint density at radius 2 is 2.23 bits per heavy atom. The van der Waals surface area contributed by atoms with Gasteiger partial charge in [-0.1, -0.05) is 11.6 Å². The number of rotatable bonds is 1. The van der Waals surface area contributed by atoms with Crippen molar-refractivity contribution in [3.63, 3.8) is 0 Å². The number of hydrogen-bond donors (Lipinski definition) is 0. The molecule has 0 N–H and O–H groups in total. The molecule has 2 aromatic rings. The number of hydrogen-bond acceptors (Lipinski definition) is 3. The minimum atomic E-state index is 0.471. The molecule has 2 aromatic heterocycles. The maximum Gasteiger partial charge on any atom is 0.154 e. The van der Waals surface area contributed by atoms with Crippen molar-refractivity contribution in [2.24, 2.45) is 0 Å². The lowest BCUT2D eigenvalue weighted by molar-refractivity contribution is 1.02. The zero-order valence-electron chi connectivity index (χ0n) is 6.99. The van der Waals surface area contributed by atoms with Crippen molar-refractivity contribution in [2.75, 3.05) is 0 Å². The third-order valence-electron chi connectivity index (χ3n) is 1.74. The Bertz CT molecular complexity index is 412. The molecule has 0 spiro atoms. The second kappa shape index (κ2) is 3.44. The summed E-state index contributed by atoms with van der Waals surface area (Å²) in [7, 11) is 0. The number of thiophene rings is 1. The third kappa shape index (κ3) is 1.71. The lowest BCUT2D eigenvalue weighted by Gasteiger charge is -1.98. The molecule has 0 atom stereocenters. The number of aryl methyl sites for hydroxylation is 1. The molecule has 0 fully saturated rings. The van der Waals surface area contributed by atoms with E-state index in [4.69, 9.17) is 11.6 Å². The first-order chi connectivity index (χ1) is 6.27. The monoisotopic (exact) mass is 210 g/mol. The molecule has 0 radical (unpaired) electrons. The van der Waals surface area contributed by atoms with Gasteiger partial charge < -0.3 is 0 Å². The van der Waals surface area contributed by atoms with Crippen molar-refractivity contribution in [3.05, 3.63) is 33.6 Å². The average Bonchev–Trinajstić information content (AvgIpc) is 2.62. The summed E-state index contributed by atoms with van der Waals surface area (Å²) in [6.07, 6.45) is 0. The molecule has 0 amide bonds. The van der Waals surface area contributed by atoms with E-state index in [-0.39, 0.29) is 0 Å². The minimum Gasteiger partial charge on any atom is -0.152 e. The Balaban J connectivity index is 2.49. The molecule has 2 heterocycles. The first-order valence-electron chi connectivity index (χ1n) is 3.80. The van der Waals surface area contributed by atoms with Crippen LogP contribution in [-0.2, 0) is 0 Å². The van der Waals surface area contributed by atoms with Crippen LogP contribution in [0.5, 0.6) is 0 Å². The van der Waals surface area contributed by atoms with E-state index in [2.05, 4.69) is 10.2 Å². The lowest BCUT2D eigenvalue weighted by Crippen LogP contribution is -1.89. The van der Waals surface area contributed by atoms with Gasteiger partial charge in [0.2, 0.25) is 0 Å². The van der Waals surface area contributed by atoms with Crippen LogP contribution >= 0.6 is 22.9 Å². The van der Waals surface area contributed by atoms with Gasteiger partial charge in [0.05, 0.1) is 5.69 Å². The van der Waals surface area contributed by atoms with Crippen LogP contribution in [0.25, 0.3) is 11.3 Å². The normalized spacial score (nSPS) is 10.3. The largest absolute Gasteiger partial charge is 0.154 e. The average molecular weight is 211 g/mol. The van der Waals surface area contributed by atoms with Gasteiger partial charge in [-0.2, -0.15) is 11.3 Å². The fraction of sp³-hybridized carbons (Fsp3) is 0.111. The molecule has 0 aromatic carbocycles. The molecule has 0 saturated carbocycles. The molecule has 66 valence electrons. The third-order valence-corrected chi connectivity index (χ3v) is 2.80. The van der Waals surface area contributed by atoms with Gasteiger partial charge in [0.15, 0.2) is 5.15 Å². The summed E-state index contributed by atoms with van der Waals surface area (Å²) in [5.74, 6) is 0. The van der Waals surface area contributed by atoms with E-state index >= 15 is 0 Å². The highest BCUT2D eigenvalue weighted by Crippen LogP contribution is 2.21. The highest BCUT2D eigenvalue weighted by atomic mass is 35.5. The standard InChI is InChI=1S/C9H7ClN2S/c1-6-4-8(11-12-9(6)10)7-2-3-13-5-7/h2-5H,1H3. The van der Waals surface area contributed by atoms with Crippen molar-refractivity contribution < 1.29 is 0 Å². The fourth-order valence-corrected chi connectivity index (χ4v) is 1.76. The van der Waals surface area contributed by atoms with Gasteiger partial charge in [-0.15, -0.1) is 10.2 Å². The Labute approximate surface area is 85.2 Å². The van der Waals surface area contributed by atoms with E-state index in [0.717, 1.165) is 16.8 Å². The van der Waals surface area contributed by atoms with Crippen LogP contribution in [0.1, 0.15) is 5.56 Å². The molecule has 2 rings (SSSR count). The van der Waals surface area contributed by atoms with Crippen molar-refractivity contribution in [2.45, 2.75) is 6.92 Å². The Morgan fingerprint density at radius 3 is 2.85 bits per heavy atom. The number of nitrogens with zero attached hydrogens (tertiary/aromatic N) is 2. The summed E-state index contributed by atoms with van der Waals surface area (Å²) >= 11 is 7.41. The molecule has 13 heavy (non-hydrogen) atoms. The SMILES string of the molecule is Cc1cc(-c2ccsc2)nnc1Cl. The Kier molecular flexibility index (Phi) is 2.29. The maximum atomic E-state index is 5.77. The summed E-state index contributed by atoms with van der Waals surface area (Å²) in [6, 6.07) is 3.96. The first kappa shape index (κ1) is 8.66. The van der Waals surface area contributed by atoms with Crippen molar-refractivity contribution in [1.29, 1.82) is 0 Å². The molecule has 0 unspecified atom stereocenters. The van der Waals surface area contributed by atoms with Gasteiger partial charge in [-0.25, -0.2) is 0 Å². The fourth-order valence-electron chi connectivity index (χ4n) is 1.02. The molecule has 0 aliphatic heterocycles.